The van der Waals surface area contributed by atoms with E-state index < -0.39 is 0 Å². The summed E-state index contributed by atoms with van der Waals surface area (Å²) >= 11 is 0. The van der Waals surface area contributed by atoms with Gasteiger partial charge in [-0.3, -0.25) is 0 Å². The highest BCUT2D eigenvalue weighted by Crippen LogP contribution is 2.25. The maximum Gasteiger partial charge on any atom is 0.340 e. The van der Waals surface area contributed by atoms with Crippen LogP contribution in [0.15, 0.2) is 47.1 Å². The summed E-state index contributed by atoms with van der Waals surface area (Å²) in [7, 11) is 0. The molecule has 1 unspecified atom stereocenters. The van der Waals surface area contributed by atoms with Crippen LogP contribution in [0.1, 0.15) is 42.4 Å². The van der Waals surface area contributed by atoms with E-state index in [0.717, 1.165) is 17.9 Å². The van der Waals surface area contributed by atoms with Gasteiger partial charge in [-0.15, -0.1) is 0 Å². The molecule has 0 fully saturated rings. The van der Waals surface area contributed by atoms with Crippen LogP contribution in [0, 0.1) is 0 Å². The highest BCUT2D eigenvalue weighted by Gasteiger charge is 2.17. The van der Waals surface area contributed by atoms with E-state index in [4.69, 9.17) is 9.15 Å². The summed E-state index contributed by atoms with van der Waals surface area (Å²) in [6.45, 7) is 4.22. The Bertz CT molecular complexity index is 549. The number of benzene rings is 1. The molecule has 1 N–H and O–H groups in total. The molecular weight excluding hydrogens is 254 g/mol. The zero-order chi connectivity index (χ0) is 14.4. The van der Waals surface area contributed by atoms with Gasteiger partial charge in [-0.1, -0.05) is 19.1 Å². The van der Waals surface area contributed by atoms with Crippen LogP contribution >= 0.6 is 0 Å². The molecule has 1 heterocycles. The molecular formula is C16H19NO3. The first-order chi connectivity index (χ1) is 9.76. The minimum absolute atomic E-state index is 0.0283. The molecule has 20 heavy (non-hydrogen) atoms. The SMILES string of the molecule is CCOC(=O)c1ccccc1NC(CC)c1ccco1. The molecule has 0 aliphatic carbocycles. The summed E-state index contributed by atoms with van der Waals surface area (Å²) < 4.78 is 10.5. The number of rotatable bonds is 6. The molecule has 1 atom stereocenters. The quantitative estimate of drug-likeness (QED) is 0.808. The third kappa shape index (κ3) is 3.20. The number of nitrogens with one attached hydrogen (secondary N) is 1. The van der Waals surface area contributed by atoms with Crippen LogP contribution < -0.4 is 5.32 Å². The highest BCUT2D eigenvalue weighted by atomic mass is 16.5. The van der Waals surface area contributed by atoms with Crippen molar-refractivity contribution in [3.63, 3.8) is 0 Å². The van der Waals surface area contributed by atoms with E-state index in [0.29, 0.717) is 12.2 Å². The van der Waals surface area contributed by atoms with Crippen LogP contribution in [0.3, 0.4) is 0 Å². The molecule has 0 bridgehead atoms. The fourth-order valence-corrected chi connectivity index (χ4v) is 2.05. The minimum Gasteiger partial charge on any atom is -0.467 e. The maximum atomic E-state index is 11.9. The Morgan fingerprint density at radius 1 is 1.25 bits per heavy atom. The lowest BCUT2D eigenvalue weighted by atomic mass is 10.1. The van der Waals surface area contributed by atoms with Gasteiger partial charge in [-0.05, 0) is 37.6 Å². The van der Waals surface area contributed by atoms with Crippen LogP contribution in [-0.2, 0) is 4.74 Å². The molecule has 106 valence electrons. The number of hydrogen-bond donors (Lipinski definition) is 1. The number of hydrogen-bond acceptors (Lipinski definition) is 4. The summed E-state index contributed by atoms with van der Waals surface area (Å²) in [5.74, 6) is 0.538. The third-order valence-electron chi connectivity index (χ3n) is 3.05. The second-order valence-corrected chi connectivity index (χ2v) is 4.39. The van der Waals surface area contributed by atoms with Crippen molar-refractivity contribution in [2.75, 3.05) is 11.9 Å². The van der Waals surface area contributed by atoms with Gasteiger partial charge in [0.1, 0.15) is 5.76 Å². The van der Waals surface area contributed by atoms with Crippen molar-refractivity contribution in [1.29, 1.82) is 0 Å². The average Bonchev–Trinajstić information content (AvgIpc) is 2.99. The lowest BCUT2D eigenvalue weighted by molar-refractivity contribution is 0.0527. The monoisotopic (exact) mass is 273 g/mol. The highest BCUT2D eigenvalue weighted by molar-refractivity contribution is 5.95. The zero-order valence-corrected chi connectivity index (χ0v) is 11.8. The predicted molar refractivity (Wildman–Crippen MR) is 77.8 cm³/mol. The summed E-state index contributed by atoms with van der Waals surface area (Å²) in [6.07, 6.45) is 2.50. The van der Waals surface area contributed by atoms with Crippen molar-refractivity contribution >= 4 is 11.7 Å². The Kier molecular flexibility index (Phi) is 4.82. The van der Waals surface area contributed by atoms with Crippen molar-refractivity contribution in [1.82, 2.24) is 0 Å². The van der Waals surface area contributed by atoms with Crippen LogP contribution in [-0.4, -0.2) is 12.6 Å². The van der Waals surface area contributed by atoms with Gasteiger partial charge in [-0.25, -0.2) is 4.79 Å². The van der Waals surface area contributed by atoms with E-state index in [9.17, 15) is 4.79 Å². The zero-order valence-electron chi connectivity index (χ0n) is 11.8. The number of ether oxygens (including phenoxy) is 1. The molecule has 0 aliphatic rings. The first kappa shape index (κ1) is 14.2. The Hall–Kier alpha value is -2.23. The fraction of sp³-hybridized carbons (Fsp3) is 0.312. The smallest absolute Gasteiger partial charge is 0.340 e. The van der Waals surface area contributed by atoms with Gasteiger partial charge in [0, 0.05) is 5.69 Å². The maximum absolute atomic E-state index is 11.9. The third-order valence-corrected chi connectivity index (χ3v) is 3.05. The summed E-state index contributed by atoms with van der Waals surface area (Å²) in [5.41, 5.74) is 1.30. The molecule has 4 nitrogen and oxygen atoms in total. The van der Waals surface area contributed by atoms with Crippen LogP contribution in [0.4, 0.5) is 5.69 Å². The number of anilines is 1. The Balaban J connectivity index is 2.22. The van der Waals surface area contributed by atoms with Crippen molar-refractivity contribution in [2.24, 2.45) is 0 Å². The normalized spacial score (nSPS) is 11.9. The van der Waals surface area contributed by atoms with Gasteiger partial charge in [0.05, 0.1) is 24.5 Å². The second kappa shape index (κ2) is 6.80. The Morgan fingerprint density at radius 3 is 2.70 bits per heavy atom. The van der Waals surface area contributed by atoms with Gasteiger partial charge in [0.15, 0.2) is 0 Å². The first-order valence-electron chi connectivity index (χ1n) is 6.82. The van der Waals surface area contributed by atoms with Crippen molar-refractivity contribution in [3.05, 3.63) is 54.0 Å². The van der Waals surface area contributed by atoms with E-state index in [1.165, 1.54) is 0 Å². The number of para-hydroxylation sites is 1. The lowest BCUT2D eigenvalue weighted by Gasteiger charge is -2.18. The molecule has 1 aromatic heterocycles. The molecule has 0 radical (unpaired) electrons. The van der Waals surface area contributed by atoms with Crippen LogP contribution in [0.2, 0.25) is 0 Å². The van der Waals surface area contributed by atoms with Gasteiger partial charge in [-0.2, -0.15) is 0 Å². The standard InChI is InChI=1S/C16H19NO3/c1-3-13(15-10-7-11-20-15)17-14-9-6-5-8-12(14)16(18)19-4-2/h5-11,13,17H,3-4H2,1-2H3. The van der Waals surface area contributed by atoms with E-state index in [2.05, 4.69) is 12.2 Å². The summed E-state index contributed by atoms with van der Waals surface area (Å²) in [4.78, 5) is 11.9. The van der Waals surface area contributed by atoms with Crippen LogP contribution in [0.5, 0.6) is 0 Å². The average molecular weight is 273 g/mol. The van der Waals surface area contributed by atoms with Gasteiger partial charge >= 0.3 is 5.97 Å². The largest absolute Gasteiger partial charge is 0.467 e. The minimum atomic E-state index is -0.315. The van der Waals surface area contributed by atoms with Gasteiger partial charge in [0.25, 0.3) is 0 Å². The Labute approximate surface area is 118 Å². The number of carbonyl (C=O) groups is 1. The van der Waals surface area contributed by atoms with Gasteiger partial charge in [0.2, 0.25) is 0 Å². The van der Waals surface area contributed by atoms with Crippen molar-refractivity contribution in [2.45, 2.75) is 26.3 Å². The topological polar surface area (TPSA) is 51.5 Å². The van der Waals surface area contributed by atoms with E-state index in [1.807, 2.05) is 30.3 Å². The summed E-state index contributed by atoms with van der Waals surface area (Å²) in [6, 6.07) is 11.2. The summed E-state index contributed by atoms with van der Waals surface area (Å²) in [5, 5.41) is 3.34. The van der Waals surface area contributed by atoms with E-state index >= 15 is 0 Å². The molecule has 0 amide bonds. The molecule has 1 aromatic carbocycles. The number of furan rings is 1. The van der Waals surface area contributed by atoms with E-state index in [1.54, 1.807) is 19.3 Å². The molecule has 0 saturated heterocycles. The predicted octanol–water partition coefficient (Wildman–Crippen LogP) is 4.02. The molecule has 0 spiro atoms. The van der Waals surface area contributed by atoms with E-state index in [-0.39, 0.29) is 12.0 Å². The fourth-order valence-electron chi connectivity index (χ4n) is 2.05. The second-order valence-electron chi connectivity index (χ2n) is 4.39. The first-order valence-corrected chi connectivity index (χ1v) is 6.82. The molecule has 0 aliphatic heterocycles. The van der Waals surface area contributed by atoms with Gasteiger partial charge < -0.3 is 14.5 Å². The molecule has 4 heteroatoms. The molecule has 2 aromatic rings. The number of carbonyl (C=O) groups excluding carboxylic acids is 1. The molecule has 2 rings (SSSR count). The Morgan fingerprint density at radius 2 is 2.05 bits per heavy atom. The van der Waals surface area contributed by atoms with Crippen molar-refractivity contribution < 1.29 is 13.9 Å². The molecule has 0 saturated carbocycles. The lowest BCUT2D eigenvalue weighted by Crippen LogP contribution is -2.13. The number of esters is 1. The van der Waals surface area contributed by atoms with Crippen LogP contribution in [0.25, 0.3) is 0 Å². The van der Waals surface area contributed by atoms with Crippen molar-refractivity contribution in [3.8, 4) is 0 Å².